The molecule has 0 bridgehead atoms. The second kappa shape index (κ2) is 17.4. The van der Waals surface area contributed by atoms with Gasteiger partial charge in [-0.2, -0.15) is 8.75 Å². The molecule has 0 radical (unpaired) electrons. The fraction of sp³-hybridized carbons (Fsp3) is 0.588. The molecule has 1 atom stereocenters. The van der Waals surface area contributed by atoms with E-state index < -0.39 is 0 Å². The first-order chi connectivity index (χ1) is 19.7. The number of fused-ring (bicyclic) bond motifs is 1. The lowest BCUT2D eigenvalue weighted by molar-refractivity contribution is 0.402. The SMILES string of the molecule is CCCCCCCCCCC(CCCCCCCC)Cc1ccc(-c2cc(F)c(-c3cccs3)c3nsnc23)s1. The van der Waals surface area contributed by atoms with Crippen LogP contribution in [-0.4, -0.2) is 8.75 Å². The van der Waals surface area contributed by atoms with E-state index in [1.807, 2.05) is 28.8 Å². The quantitative estimate of drug-likeness (QED) is 0.0946. The van der Waals surface area contributed by atoms with Crippen LogP contribution in [0.1, 0.15) is 121 Å². The molecule has 1 unspecified atom stereocenters. The number of hydrogen-bond acceptors (Lipinski definition) is 5. The fourth-order valence-electron chi connectivity index (χ4n) is 5.80. The van der Waals surface area contributed by atoms with Crippen molar-refractivity contribution in [3.63, 3.8) is 0 Å². The fourth-order valence-corrected chi connectivity index (χ4v) is 8.28. The van der Waals surface area contributed by atoms with Gasteiger partial charge in [-0.15, -0.1) is 22.7 Å². The van der Waals surface area contributed by atoms with Crippen LogP contribution in [0, 0.1) is 11.7 Å². The summed E-state index contributed by atoms with van der Waals surface area (Å²) in [6.45, 7) is 4.58. The highest BCUT2D eigenvalue weighted by Crippen LogP contribution is 2.41. The molecule has 6 heteroatoms. The largest absolute Gasteiger partial charge is 0.206 e. The lowest BCUT2D eigenvalue weighted by Gasteiger charge is -2.16. The molecule has 0 aliphatic heterocycles. The van der Waals surface area contributed by atoms with Crippen molar-refractivity contribution in [2.45, 2.75) is 123 Å². The van der Waals surface area contributed by atoms with Gasteiger partial charge in [0.2, 0.25) is 0 Å². The summed E-state index contributed by atoms with van der Waals surface area (Å²) in [6.07, 6.45) is 23.0. The standard InChI is InChI=1S/C34H47FN2S3/c1-3-5-7-9-11-12-14-16-19-26(18-15-13-10-8-6-4-2)24-27-21-22-30(39-27)28-25-29(35)32(31-20-17-23-38-31)34-33(28)36-40-37-34/h17,20-23,25-26H,3-16,18-19,24H2,1-2H3. The molecule has 0 saturated carbocycles. The van der Waals surface area contributed by atoms with Crippen molar-refractivity contribution in [2.75, 3.05) is 0 Å². The molecule has 0 spiro atoms. The number of thiophene rings is 2. The number of halogens is 1. The maximum atomic E-state index is 15.4. The molecule has 0 N–H and O–H groups in total. The van der Waals surface area contributed by atoms with E-state index in [2.05, 4.69) is 34.7 Å². The number of aromatic nitrogens is 2. The first kappa shape index (κ1) is 31.3. The van der Waals surface area contributed by atoms with Crippen LogP contribution < -0.4 is 0 Å². The van der Waals surface area contributed by atoms with Gasteiger partial charge in [0.15, 0.2) is 0 Å². The Balaban J connectivity index is 1.39. The lowest BCUT2D eigenvalue weighted by atomic mass is 9.91. The van der Waals surface area contributed by atoms with Crippen LogP contribution in [0.25, 0.3) is 31.9 Å². The van der Waals surface area contributed by atoms with Gasteiger partial charge in [0, 0.05) is 20.2 Å². The highest BCUT2D eigenvalue weighted by molar-refractivity contribution is 7.15. The summed E-state index contributed by atoms with van der Waals surface area (Å²) < 4.78 is 24.5. The van der Waals surface area contributed by atoms with Crippen molar-refractivity contribution in [1.82, 2.24) is 8.75 Å². The molecular weight excluding hydrogens is 552 g/mol. The summed E-state index contributed by atoms with van der Waals surface area (Å²) in [5, 5.41) is 1.98. The van der Waals surface area contributed by atoms with Crippen molar-refractivity contribution < 1.29 is 4.39 Å². The van der Waals surface area contributed by atoms with E-state index in [0.29, 0.717) is 11.1 Å². The van der Waals surface area contributed by atoms with E-state index in [1.54, 1.807) is 17.4 Å². The van der Waals surface area contributed by atoms with E-state index in [1.165, 1.54) is 119 Å². The average molecular weight is 599 g/mol. The summed E-state index contributed by atoms with van der Waals surface area (Å²) in [5.74, 6) is 0.542. The van der Waals surface area contributed by atoms with Gasteiger partial charge in [-0.1, -0.05) is 123 Å². The molecule has 0 aliphatic carbocycles. The number of rotatable bonds is 20. The van der Waals surface area contributed by atoms with Crippen LogP contribution in [0.5, 0.6) is 0 Å². The zero-order valence-corrected chi connectivity index (χ0v) is 27.0. The van der Waals surface area contributed by atoms with Crippen molar-refractivity contribution >= 4 is 45.4 Å². The lowest BCUT2D eigenvalue weighted by Crippen LogP contribution is -2.04. The number of nitrogens with zero attached hydrogens (tertiary/aromatic N) is 2. The van der Waals surface area contributed by atoms with Gasteiger partial charge in [0.25, 0.3) is 0 Å². The zero-order chi connectivity index (χ0) is 28.0. The van der Waals surface area contributed by atoms with Gasteiger partial charge in [0.05, 0.1) is 17.3 Å². The van der Waals surface area contributed by atoms with Crippen molar-refractivity contribution in [3.8, 4) is 20.9 Å². The van der Waals surface area contributed by atoms with Gasteiger partial charge in [-0.3, -0.25) is 0 Å². The third-order valence-electron chi connectivity index (χ3n) is 8.11. The van der Waals surface area contributed by atoms with Gasteiger partial charge in [-0.25, -0.2) is 4.39 Å². The third-order valence-corrected chi connectivity index (χ3v) is 10.7. The maximum Gasteiger partial charge on any atom is 0.134 e. The predicted molar refractivity (Wildman–Crippen MR) is 176 cm³/mol. The normalized spacial score (nSPS) is 12.5. The molecule has 40 heavy (non-hydrogen) atoms. The molecular formula is C34H47FN2S3. The molecule has 0 aliphatic rings. The van der Waals surface area contributed by atoms with E-state index in [-0.39, 0.29) is 5.82 Å². The Morgan fingerprint density at radius 3 is 1.98 bits per heavy atom. The van der Waals surface area contributed by atoms with E-state index in [9.17, 15) is 0 Å². The molecule has 3 heterocycles. The van der Waals surface area contributed by atoms with Crippen molar-refractivity contribution in [3.05, 3.63) is 46.4 Å². The maximum absolute atomic E-state index is 15.4. The van der Waals surface area contributed by atoms with Crippen LogP contribution in [0.2, 0.25) is 0 Å². The van der Waals surface area contributed by atoms with Gasteiger partial charge >= 0.3 is 0 Å². The molecule has 4 aromatic rings. The van der Waals surface area contributed by atoms with Crippen LogP contribution in [0.15, 0.2) is 35.7 Å². The molecule has 0 fully saturated rings. The Labute approximate surface area is 253 Å². The Morgan fingerprint density at radius 1 is 0.725 bits per heavy atom. The second-order valence-corrected chi connectivity index (χ2v) is 14.0. The molecule has 0 saturated heterocycles. The molecule has 1 aromatic carbocycles. The number of hydrogen-bond donors (Lipinski definition) is 0. The smallest absolute Gasteiger partial charge is 0.134 e. The Kier molecular flexibility index (Phi) is 13.6. The number of unbranched alkanes of at least 4 members (excludes halogenated alkanes) is 12. The van der Waals surface area contributed by atoms with E-state index in [4.69, 9.17) is 0 Å². The van der Waals surface area contributed by atoms with E-state index in [0.717, 1.165) is 33.2 Å². The average Bonchev–Trinajstić information content (AvgIpc) is 3.74. The zero-order valence-electron chi connectivity index (χ0n) is 24.6. The van der Waals surface area contributed by atoms with Crippen molar-refractivity contribution in [2.24, 2.45) is 5.92 Å². The minimum Gasteiger partial charge on any atom is -0.206 e. The Morgan fingerprint density at radius 2 is 1.35 bits per heavy atom. The monoisotopic (exact) mass is 598 g/mol. The van der Waals surface area contributed by atoms with Crippen LogP contribution in [0.4, 0.5) is 4.39 Å². The first-order valence-corrected chi connectivity index (χ1v) is 18.2. The van der Waals surface area contributed by atoms with Gasteiger partial charge < -0.3 is 0 Å². The summed E-state index contributed by atoms with van der Waals surface area (Å²) in [5.41, 5.74) is 2.98. The summed E-state index contributed by atoms with van der Waals surface area (Å²) in [4.78, 5) is 3.44. The minimum atomic E-state index is -0.205. The van der Waals surface area contributed by atoms with Crippen LogP contribution in [-0.2, 0) is 6.42 Å². The highest BCUT2D eigenvalue weighted by atomic mass is 32.1. The molecule has 2 nitrogen and oxygen atoms in total. The second-order valence-electron chi connectivity index (χ2n) is 11.4. The predicted octanol–water partition coefficient (Wildman–Crippen LogP) is 12.7. The summed E-state index contributed by atoms with van der Waals surface area (Å²) in [6, 6.07) is 10.1. The molecule has 218 valence electrons. The topological polar surface area (TPSA) is 25.8 Å². The van der Waals surface area contributed by atoms with Crippen molar-refractivity contribution in [1.29, 1.82) is 0 Å². The van der Waals surface area contributed by atoms with Crippen LogP contribution >= 0.6 is 34.4 Å². The van der Waals surface area contributed by atoms with Crippen LogP contribution in [0.3, 0.4) is 0 Å². The minimum absolute atomic E-state index is 0.205. The summed E-state index contributed by atoms with van der Waals surface area (Å²) in [7, 11) is 0. The molecule has 4 rings (SSSR count). The summed E-state index contributed by atoms with van der Waals surface area (Å²) >= 11 is 4.54. The van der Waals surface area contributed by atoms with E-state index >= 15 is 4.39 Å². The molecule has 0 amide bonds. The number of benzene rings is 1. The Hall–Kier alpha value is -1.63. The Bertz CT molecular complexity index is 1240. The first-order valence-electron chi connectivity index (χ1n) is 15.8. The van der Waals surface area contributed by atoms with Gasteiger partial charge in [0.1, 0.15) is 16.9 Å². The van der Waals surface area contributed by atoms with Gasteiger partial charge in [-0.05, 0) is 42.0 Å². The highest BCUT2D eigenvalue weighted by Gasteiger charge is 2.20. The molecule has 3 aromatic heterocycles. The third kappa shape index (κ3) is 9.19.